The molecule has 2 aliphatic rings. The highest BCUT2D eigenvalue weighted by Gasteiger charge is 2.31. The van der Waals surface area contributed by atoms with Crippen molar-refractivity contribution in [1.82, 2.24) is 14.4 Å². The molecule has 1 fully saturated rings. The number of nitrogens with one attached hydrogen (secondary N) is 1. The van der Waals surface area contributed by atoms with Crippen molar-refractivity contribution in [3.05, 3.63) is 54.4 Å². The van der Waals surface area contributed by atoms with Crippen molar-refractivity contribution in [2.45, 2.75) is 25.3 Å². The van der Waals surface area contributed by atoms with Gasteiger partial charge in [0.2, 0.25) is 0 Å². The van der Waals surface area contributed by atoms with Crippen LogP contribution in [0.3, 0.4) is 0 Å². The predicted molar refractivity (Wildman–Crippen MR) is 95.7 cm³/mol. The molecule has 6 nitrogen and oxygen atoms in total. The number of amides is 3. The van der Waals surface area contributed by atoms with E-state index >= 15 is 0 Å². The van der Waals surface area contributed by atoms with Crippen molar-refractivity contribution in [2.24, 2.45) is 0 Å². The number of rotatable bonds is 1. The summed E-state index contributed by atoms with van der Waals surface area (Å²) in [6, 6.07) is 11.8. The number of hydrogen-bond acceptors (Lipinski definition) is 2. The van der Waals surface area contributed by atoms with E-state index in [0.29, 0.717) is 13.1 Å². The molecular weight excluding hydrogens is 316 g/mol. The number of para-hydroxylation sites is 1. The number of benzene rings is 1. The molecule has 6 heteroatoms. The summed E-state index contributed by atoms with van der Waals surface area (Å²) >= 11 is 0. The van der Waals surface area contributed by atoms with Gasteiger partial charge in [0, 0.05) is 43.8 Å². The van der Waals surface area contributed by atoms with Gasteiger partial charge in [0.05, 0.1) is 0 Å². The van der Waals surface area contributed by atoms with Crippen LogP contribution in [0, 0.1) is 0 Å². The smallest absolute Gasteiger partial charge is 0.324 e. The summed E-state index contributed by atoms with van der Waals surface area (Å²) in [6.07, 6.45) is 6.03. The second kappa shape index (κ2) is 6.63. The van der Waals surface area contributed by atoms with Crippen LogP contribution in [0.1, 0.15) is 18.4 Å². The van der Waals surface area contributed by atoms with E-state index in [-0.39, 0.29) is 18.1 Å². The van der Waals surface area contributed by atoms with Crippen LogP contribution >= 0.6 is 0 Å². The normalized spacial score (nSPS) is 18.5. The number of anilines is 1. The molecule has 0 aliphatic carbocycles. The van der Waals surface area contributed by atoms with E-state index in [1.54, 1.807) is 17.0 Å². The predicted octanol–water partition coefficient (Wildman–Crippen LogP) is 3.01. The average molecular weight is 338 g/mol. The van der Waals surface area contributed by atoms with E-state index < -0.39 is 0 Å². The number of fused-ring (bicyclic) bond motifs is 1. The number of carbonyl (C=O) groups excluding carboxylic acids is 2. The first-order valence-corrected chi connectivity index (χ1v) is 8.80. The lowest BCUT2D eigenvalue weighted by Crippen LogP contribution is -2.50. The molecule has 3 heterocycles. The molecule has 1 aromatic carbocycles. The zero-order valence-electron chi connectivity index (χ0n) is 14.1. The van der Waals surface area contributed by atoms with E-state index in [4.69, 9.17) is 0 Å². The largest absolute Gasteiger partial charge is 0.328 e. The highest BCUT2D eigenvalue weighted by molar-refractivity contribution is 5.91. The fraction of sp³-hybridized carbons (Fsp3) is 0.368. The van der Waals surface area contributed by atoms with Gasteiger partial charge in [-0.2, -0.15) is 0 Å². The first-order chi connectivity index (χ1) is 12.2. The highest BCUT2D eigenvalue weighted by atomic mass is 16.2. The second-order valence-electron chi connectivity index (χ2n) is 6.62. The lowest BCUT2D eigenvalue weighted by atomic mass is 10.0. The van der Waals surface area contributed by atoms with E-state index in [2.05, 4.69) is 11.4 Å². The van der Waals surface area contributed by atoms with Gasteiger partial charge in [-0.15, -0.1) is 0 Å². The van der Waals surface area contributed by atoms with E-state index in [1.807, 2.05) is 40.1 Å². The molecule has 1 aromatic heterocycles. The van der Waals surface area contributed by atoms with Gasteiger partial charge in [0.1, 0.15) is 0 Å². The van der Waals surface area contributed by atoms with Crippen molar-refractivity contribution < 1.29 is 9.59 Å². The Morgan fingerprint density at radius 1 is 1.00 bits per heavy atom. The third-order valence-corrected chi connectivity index (χ3v) is 5.14. The summed E-state index contributed by atoms with van der Waals surface area (Å²) in [6.45, 7) is 2.08. The molecule has 0 atom stereocenters. The molecule has 1 saturated heterocycles. The van der Waals surface area contributed by atoms with Crippen LogP contribution in [0.15, 0.2) is 48.8 Å². The summed E-state index contributed by atoms with van der Waals surface area (Å²) in [5.41, 5.74) is 2.09. The van der Waals surface area contributed by atoms with Crippen LogP contribution in [0.25, 0.3) is 0 Å². The molecule has 2 aliphatic heterocycles. The first kappa shape index (κ1) is 15.7. The van der Waals surface area contributed by atoms with Crippen molar-refractivity contribution in [3.63, 3.8) is 0 Å². The maximum Gasteiger partial charge on any atom is 0.328 e. The standard InChI is InChI=1S/C19H22N4O2/c24-18-20-17-6-2-1-5-15(17)7-14-23(18)16-8-12-22(13-9-16)19(25)21-10-3-4-11-21/h1-6,10-11,16H,7-9,12-14H2,(H,20,24). The Morgan fingerprint density at radius 3 is 2.48 bits per heavy atom. The van der Waals surface area contributed by atoms with E-state index in [0.717, 1.165) is 31.5 Å². The highest BCUT2D eigenvalue weighted by Crippen LogP contribution is 2.24. The van der Waals surface area contributed by atoms with E-state index in [1.165, 1.54) is 5.56 Å². The first-order valence-electron chi connectivity index (χ1n) is 8.80. The number of nitrogens with zero attached hydrogens (tertiary/aromatic N) is 3. The fourth-order valence-corrected chi connectivity index (χ4v) is 3.73. The molecule has 4 rings (SSSR count). The minimum absolute atomic E-state index is 0.0103. The summed E-state index contributed by atoms with van der Waals surface area (Å²) in [5, 5.41) is 3.03. The zero-order chi connectivity index (χ0) is 17.2. The van der Waals surface area contributed by atoms with Crippen LogP contribution in [-0.2, 0) is 6.42 Å². The summed E-state index contributed by atoms with van der Waals surface area (Å²) in [5.74, 6) is 0. The summed E-state index contributed by atoms with van der Waals surface area (Å²) < 4.78 is 1.61. The van der Waals surface area contributed by atoms with Gasteiger partial charge in [0.25, 0.3) is 0 Å². The average Bonchev–Trinajstić information content (AvgIpc) is 3.12. The van der Waals surface area contributed by atoms with E-state index in [9.17, 15) is 9.59 Å². The van der Waals surface area contributed by atoms with Crippen LogP contribution in [0.5, 0.6) is 0 Å². The van der Waals surface area contributed by atoms with Crippen LogP contribution in [0.4, 0.5) is 15.3 Å². The van der Waals surface area contributed by atoms with Gasteiger partial charge in [0.15, 0.2) is 0 Å². The van der Waals surface area contributed by atoms with Crippen molar-refractivity contribution in [1.29, 1.82) is 0 Å². The Morgan fingerprint density at radius 2 is 1.72 bits per heavy atom. The summed E-state index contributed by atoms with van der Waals surface area (Å²) in [7, 11) is 0. The SMILES string of the molecule is O=C1Nc2ccccc2CCN1C1CCN(C(=O)n2cccc2)CC1. The quantitative estimate of drug-likeness (QED) is 0.869. The molecule has 0 bridgehead atoms. The van der Waals surface area contributed by atoms with Crippen LogP contribution in [-0.4, -0.2) is 52.1 Å². The van der Waals surface area contributed by atoms with Crippen molar-refractivity contribution in [2.75, 3.05) is 25.0 Å². The monoisotopic (exact) mass is 338 g/mol. The van der Waals surface area contributed by atoms with Gasteiger partial charge < -0.3 is 15.1 Å². The van der Waals surface area contributed by atoms with Gasteiger partial charge in [-0.1, -0.05) is 18.2 Å². The molecule has 0 saturated carbocycles. The van der Waals surface area contributed by atoms with Crippen molar-refractivity contribution >= 4 is 17.7 Å². The molecule has 3 amide bonds. The molecule has 130 valence electrons. The molecule has 0 radical (unpaired) electrons. The fourth-order valence-electron chi connectivity index (χ4n) is 3.73. The molecule has 25 heavy (non-hydrogen) atoms. The van der Waals surface area contributed by atoms with Gasteiger partial charge in [-0.05, 0) is 43.0 Å². The van der Waals surface area contributed by atoms with Gasteiger partial charge in [-0.3, -0.25) is 4.57 Å². The van der Waals surface area contributed by atoms with Gasteiger partial charge in [-0.25, -0.2) is 9.59 Å². The number of piperidine rings is 1. The molecule has 0 spiro atoms. The maximum absolute atomic E-state index is 12.6. The van der Waals surface area contributed by atoms with Crippen LogP contribution < -0.4 is 5.32 Å². The molecule has 2 aromatic rings. The Bertz CT molecular complexity index is 763. The molecular formula is C19H22N4O2. The number of aromatic nitrogens is 1. The lowest BCUT2D eigenvalue weighted by molar-refractivity contribution is 0.135. The zero-order valence-corrected chi connectivity index (χ0v) is 14.1. The second-order valence-corrected chi connectivity index (χ2v) is 6.62. The Hall–Kier alpha value is -2.76. The Balaban J connectivity index is 1.39. The minimum Gasteiger partial charge on any atom is -0.324 e. The Kier molecular flexibility index (Phi) is 4.17. The number of hydrogen-bond donors (Lipinski definition) is 1. The van der Waals surface area contributed by atoms with Crippen molar-refractivity contribution in [3.8, 4) is 0 Å². The topological polar surface area (TPSA) is 57.6 Å². The maximum atomic E-state index is 12.6. The minimum atomic E-state index is -0.0277. The Labute approximate surface area is 147 Å². The third kappa shape index (κ3) is 3.12. The molecule has 1 N–H and O–H groups in total. The van der Waals surface area contributed by atoms with Gasteiger partial charge >= 0.3 is 12.1 Å². The summed E-state index contributed by atoms with van der Waals surface area (Å²) in [4.78, 5) is 28.8. The third-order valence-electron chi connectivity index (χ3n) is 5.14. The number of urea groups is 1. The lowest BCUT2D eigenvalue weighted by Gasteiger charge is -2.37. The van der Waals surface area contributed by atoms with Crippen LogP contribution in [0.2, 0.25) is 0 Å². The number of likely N-dealkylation sites (tertiary alicyclic amines) is 1. The number of carbonyl (C=O) groups is 2. The molecule has 0 unspecified atom stereocenters.